The van der Waals surface area contributed by atoms with Gasteiger partial charge in [-0.05, 0) is 23.6 Å². The largest absolute Gasteiger partial charge is 0.410 e. The summed E-state index contributed by atoms with van der Waals surface area (Å²) in [5, 5.41) is 12.9. The molecule has 6 nitrogen and oxygen atoms in total. The molecule has 0 saturated heterocycles. The molecule has 0 fully saturated rings. The maximum Gasteiger partial charge on any atom is 0.277 e. The summed E-state index contributed by atoms with van der Waals surface area (Å²) in [6.45, 7) is 1.90. The van der Waals surface area contributed by atoms with Crippen LogP contribution in [-0.4, -0.2) is 27.6 Å². The molecule has 0 unspecified atom stereocenters. The molecule has 0 radical (unpaired) electrons. The fourth-order valence-corrected chi connectivity index (χ4v) is 4.07. The zero-order chi connectivity index (χ0) is 16.9. The third-order valence-electron chi connectivity index (χ3n) is 2.91. The van der Waals surface area contributed by atoms with E-state index in [1.165, 1.54) is 41.4 Å². The van der Waals surface area contributed by atoms with Crippen LogP contribution in [0, 0.1) is 0 Å². The first-order valence-corrected chi connectivity index (χ1v) is 9.66. The van der Waals surface area contributed by atoms with Crippen LogP contribution < -0.4 is 5.32 Å². The highest BCUT2D eigenvalue weighted by atomic mass is 32.2. The molecule has 0 saturated carbocycles. The van der Waals surface area contributed by atoms with Gasteiger partial charge in [-0.2, -0.15) is 0 Å². The van der Waals surface area contributed by atoms with Crippen LogP contribution in [0.5, 0.6) is 0 Å². The van der Waals surface area contributed by atoms with Gasteiger partial charge in [-0.1, -0.05) is 17.8 Å². The Morgan fingerprint density at radius 1 is 1.29 bits per heavy atom. The summed E-state index contributed by atoms with van der Waals surface area (Å²) in [6, 6.07) is 7.44. The molecule has 0 aliphatic rings. The molecule has 0 aliphatic heterocycles. The van der Waals surface area contributed by atoms with Gasteiger partial charge >= 0.3 is 0 Å². The molecule has 3 aromatic heterocycles. The number of carbonyl (C=O) groups excluding carboxylic acids is 2. The van der Waals surface area contributed by atoms with E-state index < -0.39 is 0 Å². The van der Waals surface area contributed by atoms with Crippen molar-refractivity contribution < 1.29 is 14.0 Å². The molecule has 1 N–H and O–H groups in total. The minimum atomic E-state index is -0.0928. The number of thioether (sulfide) groups is 1. The lowest BCUT2D eigenvalue weighted by Crippen LogP contribution is -2.18. The van der Waals surface area contributed by atoms with Gasteiger partial charge in [0.2, 0.25) is 5.91 Å². The Balaban J connectivity index is 1.55. The Bertz CT molecular complexity index is 839. The van der Waals surface area contributed by atoms with Gasteiger partial charge in [0, 0.05) is 11.8 Å². The summed E-state index contributed by atoms with van der Waals surface area (Å²) >= 11 is 4.12. The van der Waals surface area contributed by atoms with Gasteiger partial charge in [0.05, 0.1) is 22.1 Å². The van der Waals surface area contributed by atoms with Crippen molar-refractivity contribution in [1.82, 2.24) is 15.5 Å². The number of Topliss-reactive ketones (excluding diaryl/α,β-unsaturated/α-hetero) is 1. The van der Waals surface area contributed by atoms with Gasteiger partial charge in [0.1, 0.15) is 0 Å². The van der Waals surface area contributed by atoms with Gasteiger partial charge in [0.25, 0.3) is 11.1 Å². The van der Waals surface area contributed by atoms with Gasteiger partial charge < -0.3 is 9.73 Å². The normalized spacial score (nSPS) is 10.7. The molecule has 0 bridgehead atoms. The molecular weight excluding hydrogens is 366 g/mol. The van der Waals surface area contributed by atoms with Crippen LogP contribution in [0.25, 0.3) is 10.8 Å². The van der Waals surface area contributed by atoms with Crippen LogP contribution in [0.2, 0.25) is 0 Å². The molecule has 124 valence electrons. The van der Waals surface area contributed by atoms with Crippen LogP contribution >= 0.6 is 34.4 Å². The number of nitrogens with one attached hydrogen (secondary N) is 1. The summed E-state index contributed by atoms with van der Waals surface area (Å²) in [6.07, 6.45) is 0. The van der Waals surface area contributed by atoms with E-state index in [2.05, 4.69) is 15.5 Å². The molecule has 24 heavy (non-hydrogen) atoms. The van der Waals surface area contributed by atoms with Gasteiger partial charge in [-0.15, -0.1) is 32.9 Å². The quantitative estimate of drug-likeness (QED) is 0.500. The SMILES string of the molecule is CC(=O)NCc1ccc(C(=O)CSc2nnc(-c3cccs3)o2)s1. The average molecular weight is 379 g/mol. The van der Waals surface area contributed by atoms with Crippen LogP contribution in [-0.2, 0) is 11.3 Å². The summed E-state index contributed by atoms with van der Waals surface area (Å²) in [5.41, 5.74) is 0. The van der Waals surface area contributed by atoms with Crippen LogP contribution in [0.4, 0.5) is 0 Å². The highest BCUT2D eigenvalue weighted by molar-refractivity contribution is 7.99. The smallest absolute Gasteiger partial charge is 0.277 e. The zero-order valence-electron chi connectivity index (χ0n) is 12.6. The maximum atomic E-state index is 12.2. The zero-order valence-corrected chi connectivity index (χ0v) is 15.1. The highest BCUT2D eigenvalue weighted by Crippen LogP contribution is 2.27. The van der Waals surface area contributed by atoms with E-state index in [0.29, 0.717) is 22.5 Å². The van der Waals surface area contributed by atoms with Crippen molar-refractivity contribution in [3.63, 3.8) is 0 Å². The Hall–Kier alpha value is -1.97. The van der Waals surface area contributed by atoms with Crippen LogP contribution in [0.1, 0.15) is 21.5 Å². The number of hydrogen-bond acceptors (Lipinski definition) is 8. The molecule has 0 aliphatic carbocycles. The lowest BCUT2D eigenvalue weighted by Gasteiger charge is -1.97. The Morgan fingerprint density at radius 2 is 2.17 bits per heavy atom. The minimum absolute atomic E-state index is 0.00468. The van der Waals surface area contributed by atoms with Gasteiger partial charge in [-0.3, -0.25) is 9.59 Å². The number of amides is 1. The van der Waals surface area contributed by atoms with Crippen molar-refractivity contribution in [1.29, 1.82) is 0 Å². The second kappa shape index (κ2) is 7.73. The highest BCUT2D eigenvalue weighted by Gasteiger charge is 2.14. The number of aromatic nitrogens is 2. The van der Waals surface area contributed by atoms with Gasteiger partial charge in [-0.25, -0.2) is 0 Å². The van der Waals surface area contributed by atoms with Crippen molar-refractivity contribution >= 4 is 46.1 Å². The first kappa shape index (κ1) is 16.9. The lowest BCUT2D eigenvalue weighted by molar-refractivity contribution is -0.119. The Morgan fingerprint density at radius 3 is 2.92 bits per heavy atom. The average Bonchev–Trinajstić information content (AvgIpc) is 3.31. The predicted molar refractivity (Wildman–Crippen MR) is 94.5 cm³/mol. The van der Waals surface area contributed by atoms with Crippen molar-refractivity contribution in [2.75, 3.05) is 5.75 Å². The molecule has 3 aromatic rings. The maximum absolute atomic E-state index is 12.2. The van der Waals surface area contributed by atoms with E-state index in [-0.39, 0.29) is 17.4 Å². The number of carbonyl (C=O) groups is 2. The third-order valence-corrected chi connectivity index (χ3v) is 5.72. The lowest BCUT2D eigenvalue weighted by atomic mass is 10.3. The standard InChI is InChI=1S/C15H13N3O3S3/c1-9(19)16-7-10-4-5-12(24-10)11(20)8-23-15-18-17-14(21-15)13-3-2-6-22-13/h2-6H,7-8H2,1H3,(H,16,19). The first-order chi connectivity index (χ1) is 11.6. The molecule has 3 heterocycles. The second-order valence-electron chi connectivity index (χ2n) is 4.74. The monoisotopic (exact) mass is 379 g/mol. The van der Waals surface area contributed by atoms with Crippen LogP contribution in [0.15, 0.2) is 39.3 Å². The van der Waals surface area contributed by atoms with Crippen molar-refractivity contribution in [3.8, 4) is 10.8 Å². The van der Waals surface area contributed by atoms with E-state index in [4.69, 9.17) is 4.42 Å². The number of rotatable bonds is 7. The molecule has 9 heteroatoms. The number of nitrogens with zero attached hydrogens (tertiary/aromatic N) is 2. The van der Waals surface area contributed by atoms with Crippen molar-refractivity contribution in [2.24, 2.45) is 0 Å². The third kappa shape index (κ3) is 4.31. The van der Waals surface area contributed by atoms with Gasteiger partial charge in [0.15, 0.2) is 5.78 Å². The second-order valence-corrected chi connectivity index (χ2v) is 7.78. The summed E-state index contributed by atoms with van der Waals surface area (Å²) < 4.78 is 5.54. The van der Waals surface area contributed by atoms with E-state index in [1.54, 1.807) is 6.07 Å². The summed E-state index contributed by atoms with van der Waals surface area (Å²) in [7, 11) is 0. The molecule has 0 atom stereocenters. The van der Waals surface area contributed by atoms with Crippen molar-refractivity contribution in [3.05, 3.63) is 39.4 Å². The van der Waals surface area contributed by atoms with Crippen LogP contribution in [0.3, 0.4) is 0 Å². The Kier molecular flexibility index (Phi) is 5.44. The minimum Gasteiger partial charge on any atom is -0.410 e. The van der Waals surface area contributed by atoms with E-state index in [1.807, 2.05) is 23.6 Å². The molecular formula is C15H13N3O3S3. The number of hydrogen-bond donors (Lipinski definition) is 1. The first-order valence-electron chi connectivity index (χ1n) is 6.98. The fraction of sp³-hybridized carbons (Fsp3) is 0.200. The summed E-state index contributed by atoms with van der Waals surface area (Å²) in [4.78, 5) is 25.6. The number of thiophene rings is 2. The molecule has 1 amide bonds. The van der Waals surface area contributed by atoms with E-state index in [9.17, 15) is 9.59 Å². The topological polar surface area (TPSA) is 85.1 Å². The summed E-state index contributed by atoms with van der Waals surface area (Å²) in [5.74, 6) is 0.597. The van der Waals surface area contributed by atoms with Crippen molar-refractivity contribution in [2.45, 2.75) is 18.7 Å². The number of ketones is 1. The van der Waals surface area contributed by atoms with E-state index in [0.717, 1.165) is 9.75 Å². The Labute approximate surface area is 150 Å². The fourth-order valence-electron chi connectivity index (χ4n) is 1.80. The molecule has 0 aromatic carbocycles. The predicted octanol–water partition coefficient (Wildman–Crippen LogP) is 3.47. The molecule has 0 spiro atoms. The van der Waals surface area contributed by atoms with E-state index >= 15 is 0 Å². The molecule has 3 rings (SSSR count).